The smallest absolute Gasteiger partial charge is 0.303 e. The number of hydrogen-bond donors (Lipinski definition) is 2. The number of anilines is 1. The number of aromatic nitrogens is 2. The molecule has 0 spiro atoms. The number of hydrogen-bond acceptors (Lipinski definition) is 7. The van der Waals surface area contributed by atoms with Gasteiger partial charge in [0.1, 0.15) is 0 Å². The number of nitrogens with one attached hydrogen (secondary N) is 1. The van der Waals surface area contributed by atoms with Gasteiger partial charge < -0.3 is 29.2 Å². The van der Waals surface area contributed by atoms with Crippen molar-refractivity contribution in [2.45, 2.75) is 58.5 Å². The molecule has 1 fully saturated rings. The van der Waals surface area contributed by atoms with Crippen molar-refractivity contribution in [1.82, 2.24) is 9.55 Å². The zero-order valence-corrected chi connectivity index (χ0v) is 22.7. The molecule has 1 amide bonds. The van der Waals surface area contributed by atoms with Crippen molar-refractivity contribution in [1.29, 1.82) is 0 Å². The molecule has 0 bridgehead atoms. The molecule has 1 aliphatic heterocycles. The van der Waals surface area contributed by atoms with Gasteiger partial charge in [-0.25, -0.2) is 4.98 Å². The van der Waals surface area contributed by atoms with Crippen LogP contribution in [0, 0.1) is 5.92 Å². The molecular formula is C31H33N3O6. The first-order chi connectivity index (χ1) is 19.3. The van der Waals surface area contributed by atoms with Crippen LogP contribution in [0.5, 0.6) is 0 Å². The Morgan fingerprint density at radius 3 is 2.58 bits per heavy atom. The molecular weight excluding hydrogens is 510 g/mol. The maximum absolute atomic E-state index is 12.5. The van der Waals surface area contributed by atoms with E-state index in [1.165, 1.54) is 13.8 Å². The quantitative estimate of drug-likeness (QED) is 0.304. The zero-order valence-electron chi connectivity index (χ0n) is 22.7. The lowest BCUT2D eigenvalue weighted by atomic mass is 9.90. The molecule has 5 unspecified atom stereocenters. The third-order valence-electron chi connectivity index (χ3n) is 7.17. The molecule has 1 saturated heterocycles. The highest BCUT2D eigenvalue weighted by atomic mass is 16.7. The highest BCUT2D eigenvalue weighted by Crippen LogP contribution is 2.42. The summed E-state index contributed by atoms with van der Waals surface area (Å²) in [6.07, 6.45) is -0.308. The van der Waals surface area contributed by atoms with Crippen LogP contribution >= 0.6 is 0 Å². The Balaban J connectivity index is 1.43. The van der Waals surface area contributed by atoms with Gasteiger partial charge in [-0.15, -0.1) is 0 Å². The lowest BCUT2D eigenvalue weighted by Gasteiger charge is -2.41. The first kappa shape index (κ1) is 27.5. The second-order valence-electron chi connectivity index (χ2n) is 10.1. The fraction of sp³-hybridized carbons (Fsp3) is 0.323. The number of esters is 1. The van der Waals surface area contributed by atoms with Gasteiger partial charge >= 0.3 is 5.97 Å². The first-order valence-electron chi connectivity index (χ1n) is 13.3. The molecule has 0 aliphatic carbocycles. The monoisotopic (exact) mass is 543 g/mol. The van der Waals surface area contributed by atoms with E-state index in [2.05, 4.69) is 21.8 Å². The lowest BCUT2D eigenvalue weighted by molar-refractivity contribution is -0.276. The number of ether oxygens (including phenoxy) is 3. The number of amides is 1. The average Bonchev–Trinajstić information content (AvgIpc) is 3.36. The third kappa shape index (κ3) is 6.07. The Hall–Kier alpha value is -4.05. The van der Waals surface area contributed by atoms with E-state index < -0.39 is 24.3 Å². The van der Waals surface area contributed by atoms with Gasteiger partial charge in [-0.1, -0.05) is 55.5 Å². The molecule has 208 valence electrons. The Morgan fingerprint density at radius 2 is 1.82 bits per heavy atom. The van der Waals surface area contributed by atoms with Crippen molar-refractivity contribution in [2.75, 3.05) is 5.32 Å². The second kappa shape index (κ2) is 12.0. The number of fused-ring (bicyclic) bond motifs is 1. The predicted octanol–water partition coefficient (Wildman–Crippen LogP) is 4.91. The van der Waals surface area contributed by atoms with Gasteiger partial charge in [0.15, 0.2) is 12.4 Å². The molecule has 5 rings (SSSR count). The van der Waals surface area contributed by atoms with Gasteiger partial charge in [-0.3, -0.25) is 9.59 Å². The summed E-state index contributed by atoms with van der Waals surface area (Å²) in [4.78, 5) is 28.3. The Kier molecular flexibility index (Phi) is 8.25. The number of aliphatic hydroxyl groups is 1. The minimum absolute atomic E-state index is 0.00940. The van der Waals surface area contributed by atoms with Crippen LogP contribution in [0.15, 0.2) is 79.1 Å². The van der Waals surface area contributed by atoms with Crippen molar-refractivity contribution in [3.63, 3.8) is 0 Å². The minimum atomic E-state index is -0.926. The largest absolute Gasteiger partial charge is 0.453 e. The van der Waals surface area contributed by atoms with Crippen molar-refractivity contribution in [3.05, 3.63) is 95.8 Å². The van der Waals surface area contributed by atoms with Crippen LogP contribution in [0.25, 0.3) is 11.0 Å². The maximum atomic E-state index is 12.5. The Bertz CT molecular complexity index is 1480. The number of benzene rings is 3. The van der Waals surface area contributed by atoms with Crippen molar-refractivity contribution in [3.8, 4) is 0 Å². The van der Waals surface area contributed by atoms with E-state index in [4.69, 9.17) is 14.2 Å². The van der Waals surface area contributed by atoms with Gasteiger partial charge in [0.25, 0.3) is 5.91 Å². The fourth-order valence-electron chi connectivity index (χ4n) is 4.99. The maximum Gasteiger partial charge on any atom is 0.303 e. The topological polar surface area (TPSA) is 112 Å². The second-order valence-corrected chi connectivity index (χ2v) is 10.1. The molecule has 4 aromatic rings. The highest BCUT2D eigenvalue weighted by molar-refractivity contribution is 5.95. The number of carbonyl (C=O) groups is 2. The molecule has 0 radical (unpaired) electrons. The van der Waals surface area contributed by atoms with Gasteiger partial charge in [0.05, 0.1) is 42.7 Å². The lowest BCUT2D eigenvalue weighted by Crippen LogP contribution is -2.39. The Labute approximate surface area is 232 Å². The molecule has 3 aromatic carbocycles. The number of para-hydroxylation sites is 2. The van der Waals surface area contributed by atoms with Crippen LogP contribution in [0.3, 0.4) is 0 Å². The van der Waals surface area contributed by atoms with Crippen LogP contribution in [-0.2, 0) is 37.0 Å². The summed E-state index contributed by atoms with van der Waals surface area (Å²) in [5.74, 6) is -0.965. The van der Waals surface area contributed by atoms with Crippen LogP contribution in [0.2, 0.25) is 0 Å². The summed E-state index contributed by atoms with van der Waals surface area (Å²) in [5, 5.41) is 12.3. The van der Waals surface area contributed by atoms with Crippen molar-refractivity contribution in [2.24, 2.45) is 5.92 Å². The van der Waals surface area contributed by atoms with Crippen LogP contribution in [0.1, 0.15) is 49.9 Å². The van der Waals surface area contributed by atoms with E-state index in [0.717, 1.165) is 27.7 Å². The molecule has 2 heterocycles. The number of rotatable bonds is 8. The van der Waals surface area contributed by atoms with Crippen molar-refractivity contribution >= 4 is 28.6 Å². The van der Waals surface area contributed by atoms with Gasteiger partial charge in [-0.2, -0.15) is 0 Å². The fourth-order valence-corrected chi connectivity index (χ4v) is 4.99. The number of imidazole rings is 1. The summed E-state index contributed by atoms with van der Waals surface area (Å²) in [6, 6.07) is 23.0. The van der Waals surface area contributed by atoms with E-state index in [1.807, 2.05) is 67.0 Å². The molecule has 0 saturated carbocycles. The van der Waals surface area contributed by atoms with Crippen LogP contribution in [-0.4, -0.2) is 38.7 Å². The molecule has 2 N–H and O–H groups in total. The summed E-state index contributed by atoms with van der Waals surface area (Å²) < 4.78 is 20.2. The van der Waals surface area contributed by atoms with Gasteiger partial charge in [0, 0.05) is 24.1 Å². The van der Waals surface area contributed by atoms with E-state index >= 15 is 0 Å². The minimum Gasteiger partial charge on any atom is -0.453 e. The first-order valence-corrected chi connectivity index (χ1v) is 13.3. The molecule has 40 heavy (non-hydrogen) atoms. The normalized spacial score (nSPS) is 21.6. The number of aliphatic hydroxyl groups excluding tert-OH is 1. The summed E-state index contributed by atoms with van der Waals surface area (Å²) in [5.41, 5.74) is 5.03. The number of carbonyl (C=O) groups excluding carboxylic acids is 2. The molecule has 1 aliphatic rings. The summed E-state index contributed by atoms with van der Waals surface area (Å²) in [6.45, 7) is 5.44. The van der Waals surface area contributed by atoms with Gasteiger partial charge in [-0.05, 0) is 42.3 Å². The summed E-state index contributed by atoms with van der Waals surface area (Å²) >= 11 is 0. The van der Waals surface area contributed by atoms with Crippen LogP contribution < -0.4 is 5.32 Å². The molecule has 5 atom stereocenters. The van der Waals surface area contributed by atoms with E-state index in [0.29, 0.717) is 12.2 Å². The standard InChI is InChI=1S/C31H33N3O6/c1-19-28(16-34-18-32-26-9-4-5-10-27(26)34)39-31(40-29(19)23-13-11-22(17-35)12-14-23)24-7-6-8-25(15-24)33-30(37)20(2)38-21(3)36/h4-15,18-20,28-29,31,35H,16-17H2,1-3H3,(H,33,37). The third-order valence-corrected chi connectivity index (χ3v) is 7.17. The van der Waals surface area contributed by atoms with E-state index in [-0.39, 0.29) is 24.7 Å². The number of nitrogens with zero attached hydrogens (tertiary/aromatic N) is 2. The molecule has 9 nitrogen and oxygen atoms in total. The summed E-state index contributed by atoms with van der Waals surface area (Å²) in [7, 11) is 0. The van der Waals surface area contributed by atoms with E-state index in [9.17, 15) is 14.7 Å². The van der Waals surface area contributed by atoms with Crippen molar-refractivity contribution < 1.29 is 28.9 Å². The predicted molar refractivity (Wildman–Crippen MR) is 149 cm³/mol. The average molecular weight is 544 g/mol. The highest BCUT2D eigenvalue weighted by Gasteiger charge is 2.38. The Morgan fingerprint density at radius 1 is 1.05 bits per heavy atom. The zero-order chi connectivity index (χ0) is 28.2. The molecule has 9 heteroatoms. The van der Waals surface area contributed by atoms with Gasteiger partial charge in [0.2, 0.25) is 0 Å². The van der Waals surface area contributed by atoms with Crippen LogP contribution in [0.4, 0.5) is 5.69 Å². The molecule has 1 aromatic heterocycles. The van der Waals surface area contributed by atoms with E-state index in [1.54, 1.807) is 12.1 Å². The SMILES string of the molecule is CC(=O)OC(C)C(=O)Nc1cccc(C2OC(Cn3cnc4ccccc43)C(C)C(c3ccc(CO)cc3)O2)c1.